The number of carbonyl (C=O) groups is 1. The molecule has 6 nitrogen and oxygen atoms in total. The van der Waals surface area contributed by atoms with Crippen LogP contribution >= 0.6 is 11.3 Å². The van der Waals surface area contributed by atoms with Crippen molar-refractivity contribution in [2.24, 2.45) is 0 Å². The zero-order valence-corrected chi connectivity index (χ0v) is 12.3. The molecular formula is C14H12FN5OS. The summed E-state index contributed by atoms with van der Waals surface area (Å²) in [5.74, 6) is 0.0462. The number of thiophene rings is 1. The van der Waals surface area contributed by atoms with Crippen LogP contribution in [-0.4, -0.2) is 26.1 Å². The van der Waals surface area contributed by atoms with Crippen molar-refractivity contribution >= 4 is 17.2 Å². The van der Waals surface area contributed by atoms with E-state index in [0.29, 0.717) is 17.9 Å². The summed E-state index contributed by atoms with van der Waals surface area (Å²) in [6.45, 7) is 0.203. The maximum absolute atomic E-state index is 12.9. The van der Waals surface area contributed by atoms with Crippen molar-refractivity contribution in [3.63, 3.8) is 0 Å². The number of amides is 1. The lowest BCUT2D eigenvalue weighted by atomic mass is 10.3. The van der Waals surface area contributed by atoms with Crippen molar-refractivity contribution in [3.05, 3.63) is 58.3 Å². The van der Waals surface area contributed by atoms with E-state index in [9.17, 15) is 9.18 Å². The second kappa shape index (κ2) is 6.44. The van der Waals surface area contributed by atoms with E-state index in [1.54, 1.807) is 12.1 Å². The third kappa shape index (κ3) is 3.34. The Morgan fingerprint density at radius 2 is 2.09 bits per heavy atom. The summed E-state index contributed by atoms with van der Waals surface area (Å²) in [6.07, 6.45) is 0.329. The lowest BCUT2D eigenvalue weighted by Crippen LogP contribution is -2.26. The van der Waals surface area contributed by atoms with Gasteiger partial charge in [-0.05, 0) is 46.1 Å². The third-order valence-electron chi connectivity index (χ3n) is 2.96. The number of benzene rings is 1. The molecule has 0 saturated heterocycles. The highest BCUT2D eigenvalue weighted by Gasteiger charge is 2.10. The Kier molecular flexibility index (Phi) is 4.19. The van der Waals surface area contributed by atoms with Crippen LogP contribution < -0.4 is 5.32 Å². The van der Waals surface area contributed by atoms with Gasteiger partial charge in [0.25, 0.3) is 0 Å². The molecule has 2 heterocycles. The Hall–Kier alpha value is -2.61. The van der Waals surface area contributed by atoms with Gasteiger partial charge in [-0.2, -0.15) is 4.68 Å². The van der Waals surface area contributed by atoms with Gasteiger partial charge in [0.2, 0.25) is 5.91 Å². The van der Waals surface area contributed by atoms with Crippen LogP contribution in [0.5, 0.6) is 0 Å². The predicted molar refractivity (Wildman–Crippen MR) is 79.0 cm³/mol. The average molecular weight is 317 g/mol. The number of nitrogens with one attached hydrogen (secondary N) is 1. The van der Waals surface area contributed by atoms with E-state index >= 15 is 0 Å². The molecule has 3 aromatic rings. The second-order valence-corrected chi connectivity index (χ2v) is 5.55. The molecule has 8 heteroatoms. The van der Waals surface area contributed by atoms with Gasteiger partial charge in [0, 0.05) is 4.88 Å². The Morgan fingerprint density at radius 1 is 1.27 bits per heavy atom. The van der Waals surface area contributed by atoms with Crippen LogP contribution in [0.2, 0.25) is 0 Å². The highest BCUT2D eigenvalue weighted by Crippen LogP contribution is 2.10. The van der Waals surface area contributed by atoms with Crippen LogP contribution in [0.15, 0.2) is 41.8 Å². The molecule has 3 rings (SSSR count). The van der Waals surface area contributed by atoms with Gasteiger partial charge in [0.05, 0.1) is 18.7 Å². The van der Waals surface area contributed by atoms with E-state index in [-0.39, 0.29) is 18.3 Å². The van der Waals surface area contributed by atoms with E-state index < -0.39 is 0 Å². The van der Waals surface area contributed by atoms with Crippen LogP contribution in [0, 0.1) is 5.82 Å². The van der Waals surface area contributed by atoms with Gasteiger partial charge in [0.1, 0.15) is 5.82 Å². The van der Waals surface area contributed by atoms with Crippen LogP contribution in [0.1, 0.15) is 10.7 Å². The summed E-state index contributed by atoms with van der Waals surface area (Å²) in [5, 5.41) is 16.0. The summed E-state index contributed by atoms with van der Waals surface area (Å²) in [5.41, 5.74) is 0.633. The lowest BCUT2D eigenvalue weighted by molar-refractivity contribution is -0.120. The Bertz CT molecular complexity index is 754. The Labute approximate surface area is 129 Å². The van der Waals surface area contributed by atoms with Gasteiger partial charge >= 0.3 is 0 Å². The number of tetrazole rings is 1. The molecule has 0 fully saturated rings. The molecule has 0 spiro atoms. The summed E-state index contributed by atoms with van der Waals surface area (Å²) in [7, 11) is 0. The average Bonchev–Trinajstić information content (AvgIpc) is 3.17. The largest absolute Gasteiger partial charge is 0.348 e. The fourth-order valence-corrected chi connectivity index (χ4v) is 2.61. The molecule has 1 aromatic carbocycles. The van der Waals surface area contributed by atoms with E-state index in [4.69, 9.17) is 0 Å². The maximum atomic E-state index is 12.9. The molecule has 0 saturated carbocycles. The first-order chi connectivity index (χ1) is 10.7. The number of nitrogens with zero attached hydrogens (tertiary/aromatic N) is 4. The van der Waals surface area contributed by atoms with E-state index in [1.807, 2.05) is 17.5 Å². The highest BCUT2D eigenvalue weighted by molar-refractivity contribution is 7.10. The molecule has 0 atom stereocenters. The summed E-state index contributed by atoms with van der Waals surface area (Å²) in [6, 6.07) is 9.62. The molecule has 112 valence electrons. The van der Waals surface area contributed by atoms with Crippen molar-refractivity contribution in [1.82, 2.24) is 25.5 Å². The summed E-state index contributed by atoms with van der Waals surface area (Å²) >= 11 is 1.53. The highest BCUT2D eigenvalue weighted by atomic mass is 32.1. The van der Waals surface area contributed by atoms with Gasteiger partial charge in [-0.3, -0.25) is 4.79 Å². The monoisotopic (exact) mass is 317 g/mol. The number of hydrogen-bond acceptors (Lipinski definition) is 5. The normalized spacial score (nSPS) is 10.6. The smallest absolute Gasteiger partial charge is 0.225 e. The minimum Gasteiger partial charge on any atom is -0.348 e. The lowest BCUT2D eigenvalue weighted by Gasteiger charge is -2.06. The Morgan fingerprint density at radius 3 is 2.82 bits per heavy atom. The minimum atomic E-state index is -0.331. The fraction of sp³-hybridized carbons (Fsp3) is 0.143. The first kappa shape index (κ1) is 14.3. The number of hydrogen-bond donors (Lipinski definition) is 1. The van der Waals surface area contributed by atoms with E-state index in [0.717, 1.165) is 4.88 Å². The molecule has 0 aliphatic rings. The van der Waals surface area contributed by atoms with E-state index in [1.165, 1.54) is 28.2 Å². The SMILES string of the molecule is O=C(Cc1cccs1)NCc1nnnn1-c1ccc(F)cc1. The zero-order chi connectivity index (χ0) is 15.4. The Balaban J connectivity index is 1.65. The second-order valence-electron chi connectivity index (χ2n) is 4.52. The first-order valence-corrected chi connectivity index (χ1v) is 7.42. The molecule has 0 bridgehead atoms. The van der Waals surface area contributed by atoms with Gasteiger partial charge in [-0.1, -0.05) is 6.07 Å². The molecule has 2 aromatic heterocycles. The van der Waals surface area contributed by atoms with Crippen LogP contribution in [0.25, 0.3) is 5.69 Å². The minimum absolute atomic E-state index is 0.101. The molecule has 22 heavy (non-hydrogen) atoms. The van der Waals surface area contributed by atoms with Crippen LogP contribution in [-0.2, 0) is 17.8 Å². The van der Waals surface area contributed by atoms with Crippen LogP contribution in [0.4, 0.5) is 4.39 Å². The van der Waals surface area contributed by atoms with Crippen molar-refractivity contribution in [2.75, 3.05) is 0 Å². The van der Waals surface area contributed by atoms with Crippen molar-refractivity contribution in [2.45, 2.75) is 13.0 Å². The van der Waals surface area contributed by atoms with Gasteiger partial charge < -0.3 is 5.32 Å². The molecule has 0 radical (unpaired) electrons. The summed E-state index contributed by atoms with van der Waals surface area (Å²) in [4.78, 5) is 12.9. The third-order valence-corrected chi connectivity index (χ3v) is 3.84. The topological polar surface area (TPSA) is 72.7 Å². The van der Waals surface area contributed by atoms with Gasteiger partial charge in [-0.25, -0.2) is 4.39 Å². The van der Waals surface area contributed by atoms with E-state index in [2.05, 4.69) is 20.8 Å². The fourth-order valence-electron chi connectivity index (χ4n) is 1.91. The maximum Gasteiger partial charge on any atom is 0.225 e. The molecule has 1 N–H and O–H groups in total. The molecule has 0 aliphatic carbocycles. The molecule has 0 unspecified atom stereocenters. The van der Waals surface area contributed by atoms with Crippen molar-refractivity contribution in [3.8, 4) is 5.69 Å². The number of rotatable bonds is 5. The quantitative estimate of drug-likeness (QED) is 0.778. The molecule has 0 aliphatic heterocycles. The molecule has 1 amide bonds. The summed E-state index contributed by atoms with van der Waals surface area (Å²) < 4.78 is 14.4. The molecular weight excluding hydrogens is 305 g/mol. The predicted octanol–water partition coefficient (Wildman–Crippen LogP) is 1.72. The van der Waals surface area contributed by atoms with Crippen LogP contribution in [0.3, 0.4) is 0 Å². The van der Waals surface area contributed by atoms with Crippen molar-refractivity contribution < 1.29 is 9.18 Å². The number of halogens is 1. The van der Waals surface area contributed by atoms with Gasteiger partial charge in [-0.15, -0.1) is 16.4 Å². The number of aromatic nitrogens is 4. The number of carbonyl (C=O) groups excluding carboxylic acids is 1. The standard InChI is InChI=1S/C14H12FN5OS/c15-10-3-5-11(6-4-10)20-13(17-18-19-20)9-16-14(21)8-12-2-1-7-22-12/h1-7H,8-9H2,(H,16,21). The zero-order valence-electron chi connectivity index (χ0n) is 11.4. The first-order valence-electron chi connectivity index (χ1n) is 6.54. The van der Waals surface area contributed by atoms with Gasteiger partial charge in [0.15, 0.2) is 5.82 Å². The van der Waals surface area contributed by atoms with Crippen molar-refractivity contribution in [1.29, 1.82) is 0 Å².